The molecular formula is C37H24N2O8. The predicted octanol–water partition coefficient (Wildman–Crippen LogP) is 8.86. The molecule has 0 unspecified atom stereocenters. The fraction of sp³-hybridized carbons (Fsp3) is 0.0270. The lowest BCUT2D eigenvalue weighted by Crippen LogP contribution is -2.28. The molecule has 7 rings (SSSR count). The predicted molar refractivity (Wildman–Crippen MR) is 173 cm³/mol. The highest BCUT2D eigenvalue weighted by atomic mass is 16.6. The Balaban J connectivity index is 1.29. The van der Waals surface area contributed by atoms with E-state index in [0.717, 1.165) is 33.4 Å². The minimum absolute atomic E-state index is 0.254. The highest BCUT2D eigenvalue weighted by molar-refractivity contribution is 5.86. The maximum Gasteiger partial charge on any atom is 0.310 e. The van der Waals surface area contributed by atoms with Crippen LogP contribution >= 0.6 is 0 Å². The van der Waals surface area contributed by atoms with E-state index in [4.69, 9.17) is 9.47 Å². The van der Waals surface area contributed by atoms with Crippen LogP contribution in [0.15, 0.2) is 133 Å². The lowest BCUT2D eigenvalue weighted by molar-refractivity contribution is -0.386. The second-order valence-electron chi connectivity index (χ2n) is 10.9. The summed E-state index contributed by atoms with van der Waals surface area (Å²) in [6, 6.07) is 39.3. The number of benzene rings is 6. The molecule has 1 aliphatic rings. The largest absolute Gasteiger partial charge is 0.502 e. The van der Waals surface area contributed by atoms with Gasteiger partial charge in [-0.15, -0.1) is 0 Å². The standard InChI is InChI=1S/C37H24N2O8/c40-35-21-27(17-19-33(35)38(42)43)46-25-13-9-23(10-14-25)37(31-7-3-1-5-29(31)30-6-2-4-8-32(30)37)24-11-15-26(16-12-24)47-28-18-20-34(39(44)45)36(41)22-28/h1-22,40-41H. The maximum absolute atomic E-state index is 11.1. The third-order valence-corrected chi connectivity index (χ3v) is 8.29. The number of aromatic hydroxyl groups is 2. The van der Waals surface area contributed by atoms with Gasteiger partial charge in [0.15, 0.2) is 11.5 Å². The Morgan fingerprint density at radius 2 is 0.851 bits per heavy atom. The highest BCUT2D eigenvalue weighted by Crippen LogP contribution is 2.56. The van der Waals surface area contributed by atoms with Gasteiger partial charge in [0, 0.05) is 24.3 Å². The van der Waals surface area contributed by atoms with E-state index in [9.17, 15) is 30.4 Å². The van der Waals surface area contributed by atoms with Gasteiger partial charge in [-0.1, -0.05) is 72.8 Å². The topological polar surface area (TPSA) is 145 Å². The summed E-state index contributed by atoms with van der Waals surface area (Å²) in [5.41, 5.74) is 4.77. The fourth-order valence-electron chi connectivity index (χ4n) is 6.28. The van der Waals surface area contributed by atoms with E-state index in [1.54, 1.807) is 0 Å². The van der Waals surface area contributed by atoms with Crippen molar-refractivity contribution < 1.29 is 29.5 Å². The quantitative estimate of drug-likeness (QED) is 0.126. The molecule has 0 aliphatic heterocycles. The number of fused-ring (bicyclic) bond motifs is 3. The molecule has 230 valence electrons. The van der Waals surface area contributed by atoms with Crippen LogP contribution in [0.25, 0.3) is 11.1 Å². The van der Waals surface area contributed by atoms with Crippen LogP contribution < -0.4 is 9.47 Å². The maximum atomic E-state index is 11.1. The van der Waals surface area contributed by atoms with Gasteiger partial charge in [-0.05, 0) is 69.8 Å². The molecule has 0 saturated heterocycles. The zero-order chi connectivity index (χ0) is 32.7. The van der Waals surface area contributed by atoms with Crippen LogP contribution in [0.1, 0.15) is 22.3 Å². The Morgan fingerprint density at radius 1 is 0.489 bits per heavy atom. The summed E-state index contributed by atoms with van der Waals surface area (Å²) >= 11 is 0. The van der Waals surface area contributed by atoms with E-state index in [1.165, 1.54) is 36.4 Å². The van der Waals surface area contributed by atoms with Gasteiger partial charge in [-0.25, -0.2) is 0 Å². The van der Waals surface area contributed by atoms with Gasteiger partial charge in [0.05, 0.1) is 15.3 Å². The lowest BCUT2D eigenvalue weighted by Gasteiger charge is -2.34. The van der Waals surface area contributed by atoms with Gasteiger partial charge in [0.25, 0.3) is 0 Å². The van der Waals surface area contributed by atoms with Crippen LogP contribution in [0.3, 0.4) is 0 Å². The third-order valence-electron chi connectivity index (χ3n) is 8.29. The molecule has 10 heteroatoms. The molecule has 47 heavy (non-hydrogen) atoms. The van der Waals surface area contributed by atoms with Crippen LogP contribution in [0, 0.1) is 20.2 Å². The number of phenolic OH excluding ortho intramolecular Hbond substituents is 2. The molecule has 0 heterocycles. The molecule has 10 nitrogen and oxygen atoms in total. The molecule has 0 bridgehead atoms. The lowest BCUT2D eigenvalue weighted by atomic mass is 9.68. The summed E-state index contributed by atoms with van der Waals surface area (Å²) in [5.74, 6) is 0.492. The van der Waals surface area contributed by atoms with Crippen LogP contribution in [-0.2, 0) is 5.41 Å². The Kier molecular flexibility index (Phi) is 7.02. The van der Waals surface area contributed by atoms with E-state index in [0.29, 0.717) is 11.5 Å². The van der Waals surface area contributed by atoms with E-state index in [-0.39, 0.29) is 11.5 Å². The smallest absolute Gasteiger partial charge is 0.310 e. The van der Waals surface area contributed by atoms with Crippen molar-refractivity contribution in [2.24, 2.45) is 0 Å². The van der Waals surface area contributed by atoms with Crippen molar-refractivity contribution in [3.8, 4) is 45.6 Å². The minimum Gasteiger partial charge on any atom is -0.502 e. The van der Waals surface area contributed by atoms with Crippen molar-refractivity contribution in [2.45, 2.75) is 5.41 Å². The number of hydrogen-bond acceptors (Lipinski definition) is 8. The average Bonchev–Trinajstić information content (AvgIpc) is 3.36. The molecule has 0 radical (unpaired) electrons. The van der Waals surface area contributed by atoms with E-state index >= 15 is 0 Å². The average molecular weight is 625 g/mol. The van der Waals surface area contributed by atoms with Gasteiger partial charge in [-0.3, -0.25) is 20.2 Å². The number of hydrogen-bond donors (Lipinski definition) is 2. The van der Waals surface area contributed by atoms with Crippen LogP contribution in [0.5, 0.6) is 34.5 Å². The zero-order valence-electron chi connectivity index (χ0n) is 24.4. The Bertz CT molecular complexity index is 2020. The van der Waals surface area contributed by atoms with Gasteiger partial charge < -0.3 is 19.7 Å². The van der Waals surface area contributed by atoms with Crippen molar-refractivity contribution in [3.63, 3.8) is 0 Å². The van der Waals surface area contributed by atoms with Crippen molar-refractivity contribution >= 4 is 11.4 Å². The molecule has 0 amide bonds. The first-order chi connectivity index (χ1) is 22.8. The highest BCUT2D eigenvalue weighted by Gasteiger charge is 2.45. The summed E-state index contributed by atoms with van der Waals surface area (Å²) in [6.07, 6.45) is 0. The second-order valence-corrected chi connectivity index (χ2v) is 10.9. The van der Waals surface area contributed by atoms with E-state index in [1.807, 2.05) is 72.8 Å². The molecule has 6 aromatic rings. The summed E-state index contributed by atoms with van der Waals surface area (Å²) in [7, 11) is 0. The number of nitro groups is 2. The van der Waals surface area contributed by atoms with Crippen LogP contribution in [-0.4, -0.2) is 20.1 Å². The molecular weight excluding hydrogens is 600 g/mol. The molecule has 0 saturated carbocycles. The third kappa shape index (κ3) is 4.94. The van der Waals surface area contributed by atoms with Crippen LogP contribution in [0.4, 0.5) is 11.4 Å². The van der Waals surface area contributed by atoms with Crippen molar-refractivity contribution in [3.05, 3.63) is 176 Å². The number of rotatable bonds is 8. The Labute approximate surface area is 267 Å². The molecule has 6 aromatic carbocycles. The molecule has 0 aromatic heterocycles. The molecule has 1 aliphatic carbocycles. The molecule has 2 N–H and O–H groups in total. The van der Waals surface area contributed by atoms with Gasteiger partial charge in [0.2, 0.25) is 0 Å². The summed E-state index contributed by atoms with van der Waals surface area (Å²) in [5, 5.41) is 42.3. The first-order valence-electron chi connectivity index (χ1n) is 14.5. The molecule has 0 fully saturated rings. The number of nitro benzene ring substituents is 2. The van der Waals surface area contributed by atoms with Crippen molar-refractivity contribution in [1.82, 2.24) is 0 Å². The minimum atomic E-state index is -0.721. The van der Waals surface area contributed by atoms with Crippen molar-refractivity contribution in [2.75, 3.05) is 0 Å². The summed E-state index contributed by atoms with van der Waals surface area (Å²) < 4.78 is 11.9. The van der Waals surface area contributed by atoms with E-state index in [2.05, 4.69) is 24.3 Å². The van der Waals surface area contributed by atoms with Crippen LogP contribution in [0.2, 0.25) is 0 Å². The molecule has 0 atom stereocenters. The summed E-state index contributed by atoms with van der Waals surface area (Å²) in [6.45, 7) is 0. The van der Waals surface area contributed by atoms with Gasteiger partial charge in [-0.2, -0.15) is 0 Å². The zero-order valence-corrected chi connectivity index (χ0v) is 24.4. The van der Waals surface area contributed by atoms with Gasteiger partial charge in [0.1, 0.15) is 23.0 Å². The number of nitrogens with zero attached hydrogens (tertiary/aromatic N) is 2. The molecule has 0 spiro atoms. The Hall–Kier alpha value is -6.68. The fourth-order valence-corrected chi connectivity index (χ4v) is 6.28. The second kappa shape index (κ2) is 11.4. The summed E-state index contributed by atoms with van der Waals surface area (Å²) in [4.78, 5) is 20.9. The Morgan fingerprint density at radius 3 is 1.21 bits per heavy atom. The van der Waals surface area contributed by atoms with Crippen molar-refractivity contribution in [1.29, 1.82) is 0 Å². The monoisotopic (exact) mass is 624 g/mol. The van der Waals surface area contributed by atoms with E-state index < -0.39 is 38.1 Å². The first kappa shape index (κ1) is 29.1. The number of ether oxygens (including phenoxy) is 2. The SMILES string of the molecule is O=[N+]([O-])c1ccc(Oc2ccc(C3(c4ccc(Oc5ccc([N+](=O)[O-])c(O)c5)cc4)c4ccccc4-c4ccccc43)cc2)cc1O. The normalized spacial score (nSPS) is 12.5. The van der Waals surface area contributed by atoms with Gasteiger partial charge >= 0.3 is 11.4 Å². The number of phenols is 2. The first-order valence-corrected chi connectivity index (χ1v) is 14.5.